The van der Waals surface area contributed by atoms with Gasteiger partial charge in [0.25, 0.3) is 5.22 Å². The van der Waals surface area contributed by atoms with E-state index >= 15 is 0 Å². The molecule has 0 radical (unpaired) electrons. The molecule has 1 saturated heterocycles. The molecule has 0 saturated carbocycles. The van der Waals surface area contributed by atoms with Crippen LogP contribution < -0.4 is 0 Å². The van der Waals surface area contributed by atoms with E-state index in [2.05, 4.69) is 16.3 Å². The van der Waals surface area contributed by atoms with E-state index in [0.717, 1.165) is 34.5 Å². The highest BCUT2D eigenvalue weighted by Crippen LogP contribution is 2.25. The van der Waals surface area contributed by atoms with E-state index in [1.807, 2.05) is 26.0 Å². The van der Waals surface area contributed by atoms with Crippen LogP contribution in [0.2, 0.25) is 0 Å². The number of carbonyl (C=O) groups excluding carboxylic acids is 1. The van der Waals surface area contributed by atoms with Crippen LogP contribution in [0.5, 0.6) is 0 Å². The Balaban J connectivity index is 1.31. The number of sulfonamides is 1. The standard InChI is InChI=1S/C22H23FN4O4S2/c1-15-10-16(2)12-17(11-15)21-24-25-22(31-21)32-14-20(28)26-6-8-27(9-7-26)33(29,30)19-5-3-4-18(23)13-19/h3-5,10-13H,6-9,14H2,1-2H3. The number of aryl methyl sites for hydroxylation is 2. The number of rotatable bonds is 6. The minimum atomic E-state index is -3.80. The molecule has 33 heavy (non-hydrogen) atoms. The van der Waals surface area contributed by atoms with Crippen LogP contribution in [0.4, 0.5) is 4.39 Å². The largest absolute Gasteiger partial charge is 0.411 e. The molecular weight excluding hydrogens is 467 g/mol. The van der Waals surface area contributed by atoms with E-state index in [-0.39, 0.29) is 42.7 Å². The van der Waals surface area contributed by atoms with Gasteiger partial charge in [-0.3, -0.25) is 4.79 Å². The monoisotopic (exact) mass is 490 g/mol. The van der Waals surface area contributed by atoms with Crippen molar-refractivity contribution in [3.8, 4) is 11.5 Å². The van der Waals surface area contributed by atoms with E-state index < -0.39 is 15.8 Å². The fourth-order valence-electron chi connectivity index (χ4n) is 3.65. The topological polar surface area (TPSA) is 96.6 Å². The summed E-state index contributed by atoms with van der Waals surface area (Å²) < 4.78 is 45.8. The zero-order chi connectivity index (χ0) is 23.6. The molecule has 0 unspecified atom stereocenters. The van der Waals surface area contributed by atoms with Crippen LogP contribution in [-0.2, 0) is 14.8 Å². The van der Waals surface area contributed by atoms with Gasteiger partial charge in [0, 0.05) is 31.7 Å². The van der Waals surface area contributed by atoms with E-state index in [1.54, 1.807) is 4.90 Å². The number of thioether (sulfide) groups is 1. The lowest BCUT2D eigenvalue weighted by Gasteiger charge is -2.33. The fourth-order valence-corrected chi connectivity index (χ4v) is 5.77. The van der Waals surface area contributed by atoms with Crippen molar-refractivity contribution in [3.63, 3.8) is 0 Å². The quantitative estimate of drug-likeness (QED) is 0.490. The second kappa shape index (κ2) is 9.62. The second-order valence-electron chi connectivity index (χ2n) is 7.78. The number of carbonyl (C=O) groups is 1. The van der Waals surface area contributed by atoms with Crippen LogP contribution >= 0.6 is 11.8 Å². The first-order chi connectivity index (χ1) is 15.7. The van der Waals surface area contributed by atoms with Crippen molar-refractivity contribution in [2.24, 2.45) is 0 Å². The summed E-state index contributed by atoms with van der Waals surface area (Å²) in [6.45, 7) is 4.78. The number of hydrogen-bond acceptors (Lipinski definition) is 7. The van der Waals surface area contributed by atoms with Crippen LogP contribution in [0.15, 0.2) is 57.0 Å². The lowest BCUT2D eigenvalue weighted by atomic mass is 10.1. The Labute approximate surface area is 195 Å². The summed E-state index contributed by atoms with van der Waals surface area (Å²) in [5.41, 5.74) is 3.01. The van der Waals surface area contributed by atoms with Crippen molar-refractivity contribution in [1.29, 1.82) is 0 Å². The average Bonchev–Trinajstić information content (AvgIpc) is 3.26. The first-order valence-electron chi connectivity index (χ1n) is 10.3. The molecule has 1 aliphatic heterocycles. The van der Waals surface area contributed by atoms with Gasteiger partial charge in [0.05, 0.1) is 10.6 Å². The smallest absolute Gasteiger partial charge is 0.277 e. The van der Waals surface area contributed by atoms with Gasteiger partial charge in [-0.1, -0.05) is 35.0 Å². The third-order valence-electron chi connectivity index (χ3n) is 5.22. The number of benzene rings is 2. The van der Waals surface area contributed by atoms with Gasteiger partial charge in [-0.25, -0.2) is 12.8 Å². The molecule has 1 amide bonds. The summed E-state index contributed by atoms with van der Waals surface area (Å²) in [7, 11) is -3.80. The molecular formula is C22H23FN4O4S2. The molecule has 3 aromatic rings. The van der Waals surface area contributed by atoms with Gasteiger partial charge in [0.1, 0.15) is 5.82 Å². The van der Waals surface area contributed by atoms with Crippen molar-refractivity contribution in [3.05, 3.63) is 59.4 Å². The van der Waals surface area contributed by atoms with Gasteiger partial charge in [0.15, 0.2) is 0 Å². The molecule has 1 aromatic heterocycles. The van der Waals surface area contributed by atoms with Gasteiger partial charge in [0.2, 0.25) is 21.8 Å². The molecule has 11 heteroatoms. The summed E-state index contributed by atoms with van der Waals surface area (Å²) in [6.07, 6.45) is 0. The van der Waals surface area contributed by atoms with E-state index in [9.17, 15) is 17.6 Å². The normalized spacial score (nSPS) is 15.1. The summed E-state index contributed by atoms with van der Waals surface area (Å²) in [5.74, 6) is -0.254. The third-order valence-corrected chi connectivity index (χ3v) is 7.92. The van der Waals surface area contributed by atoms with Gasteiger partial charge in [-0.2, -0.15) is 4.31 Å². The Hall–Kier alpha value is -2.76. The summed E-state index contributed by atoms with van der Waals surface area (Å²) in [5, 5.41) is 8.38. The average molecular weight is 491 g/mol. The molecule has 174 valence electrons. The fraction of sp³-hybridized carbons (Fsp3) is 0.318. The zero-order valence-electron chi connectivity index (χ0n) is 18.2. The number of piperazine rings is 1. The Morgan fingerprint density at radius 1 is 1.06 bits per heavy atom. The first kappa shape index (κ1) is 23.4. The van der Waals surface area contributed by atoms with Crippen LogP contribution in [0.25, 0.3) is 11.5 Å². The number of amides is 1. The van der Waals surface area contributed by atoms with E-state index in [0.29, 0.717) is 11.1 Å². The van der Waals surface area contributed by atoms with Crippen LogP contribution in [0.1, 0.15) is 11.1 Å². The molecule has 2 heterocycles. The molecule has 0 spiro atoms. The molecule has 4 rings (SSSR count). The molecule has 0 atom stereocenters. The van der Waals surface area contributed by atoms with Crippen molar-refractivity contribution in [1.82, 2.24) is 19.4 Å². The number of hydrogen-bond donors (Lipinski definition) is 0. The van der Waals surface area contributed by atoms with Crippen molar-refractivity contribution < 1.29 is 22.0 Å². The molecule has 0 N–H and O–H groups in total. The molecule has 0 aliphatic carbocycles. The van der Waals surface area contributed by atoms with Crippen molar-refractivity contribution in [2.45, 2.75) is 24.0 Å². The molecule has 2 aromatic carbocycles. The highest BCUT2D eigenvalue weighted by molar-refractivity contribution is 7.99. The lowest BCUT2D eigenvalue weighted by molar-refractivity contribution is -0.129. The van der Waals surface area contributed by atoms with Crippen LogP contribution in [0.3, 0.4) is 0 Å². The van der Waals surface area contributed by atoms with Gasteiger partial charge in [-0.15, -0.1) is 10.2 Å². The highest BCUT2D eigenvalue weighted by Gasteiger charge is 2.30. The van der Waals surface area contributed by atoms with Gasteiger partial charge >= 0.3 is 0 Å². The Morgan fingerprint density at radius 3 is 2.42 bits per heavy atom. The second-order valence-corrected chi connectivity index (χ2v) is 10.6. The van der Waals surface area contributed by atoms with Gasteiger partial charge < -0.3 is 9.32 Å². The SMILES string of the molecule is Cc1cc(C)cc(-c2nnc(SCC(=O)N3CCN(S(=O)(=O)c4cccc(F)c4)CC3)o2)c1. The zero-order valence-corrected chi connectivity index (χ0v) is 19.8. The van der Waals surface area contributed by atoms with Gasteiger partial charge in [-0.05, 0) is 44.2 Å². The maximum atomic E-state index is 13.4. The highest BCUT2D eigenvalue weighted by atomic mass is 32.2. The molecule has 8 nitrogen and oxygen atoms in total. The third kappa shape index (κ3) is 5.43. The first-order valence-corrected chi connectivity index (χ1v) is 12.7. The maximum Gasteiger partial charge on any atom is 0.277 e. The van der Waals surface area contributed by atoms with Crippen molar-refractivity contribution >= 4 is 27.7 Å². The predicted molar refractivity (Wildman–Crippen MR) is 122 cm³/mol. The number of aromatic nitrogens is 2. The van der Waals surface area contributed by atoms with E-state index in [4.69, 9.17) is 4.42 Å². The summed E-state index contributed by atoms with van der Waals surface area (Å²) >= 11 is 1.15. The minimum absolute atomic E-state index is 0.0890. The van der Waals surface area contributed by atoms with E-state index in [1.165, 1.54) is 22.5 Å². The predicted octanol–water partition coefficient (Wildman–Crippen LogP) is 3.12. The summed E-state index contributed by atoms with van der Waals surface area (Å²) in [6, 6.07) is 10.9. The molecule has 1 aliphatic rings. The van der Waals surface area contributed by atoms with Crippen LogP contribution in [-0.4, -0.2) is 65.7 Å². The number of halogens is 1. The Bertz CT molecular complexity index is 1250. The molecule has 1 fully saturated rings. The van der Waals surface area contributed by atoms with Crippen molar-refractivity contribution in [2.75, 3.05) is 31.9 Å². The number of nitrogens with zero attached hydrogens (tertiary/aromatic N) is 4. The van der Waals surface area contributed by atoms with Crippen LogP contribution in [0, 0.1) is 19.7 Å². The Morgan fingerprint density at radius 2 is 1.76 bits per heavy atom. The maximum absolute atomic E-state index is 13.4. The lowest BCUT2D eigenvalue weighted by Crippen LogP contribution is -2.50. The molecule has 0 bridgehead atoms. The minimum Gasteiger partial charge on any atom is -0.411 e. The summed E-state index contributed by atoms with van der Waals surface area (Å²) in [4.78, 5) is 14.1. The Kier molecular flexibility index (Phi) is 6.82.